The molecule has 3 aromatic carbocycles. The van der Waals surface area contributed by atoms with Crippen LogP contribution >= 0.6 is 11.6 Å². The summed E-state index contributed by atoms with van der Waals surface area (Å²) in [6.07, 6.45) is -2.16. The van der Waals surface area contributed by atoms with Gasteiger partial charge in [0.25, 0.3) is 11.8 Å². The first-order valence-corrected chi connectivity index (χ1v) is 12.7. The number of fused-ring (bicyclic) bond motifs is 2. The maximum Gasteiger partial charge on any atom is 0.416 e. The molecule has 0 bridgehead atoms. The first kappa shape index (κ1) is 27.8. The van der Waals surface area contributed by atoms with E-state index in [0.717, 1.165) is 12.1 Å². The number of hydrogen-bond donors (Lipinski definition) is 2. The number of nitrogens with one attached hydrogen (secondary N) is 2. The van der Waals surface area contributed by atoms with Gasteiger partial charge < -0.3 is 10.6 Å². The van der Waals surface area contributed by atoms with Crippen molar-refractivity contribution < 1.29 is 31.5 Å². The van der Waals surface area contributed by atoms with E-state index in [1.807, 2.05) is 6.07 Å². The normalized spacial score (nSPS) is 14.3. The van der Waals surface area contributed by atoms with Gasteiger partial charge in [-0.25, -0.2) is 18.3 Å². The van der Waals surface area contributed by atoms with Crippen molar-refractivity contribution in [3.05, 3.63) is 117 Å². The Morgan fingerprint density at radius 3 is 2.58 bits per heavy atom. The summed E-state index contributed by atoms with van der Waals surface area (Å²) < 4.78 is 69.7. The molecule has 1 atom stereocenters. The molecule has 0 spiro atoms. The SMILES string of the molecule is N#Cc1cc(-c2cc(NC(=O)c3cc(F)cc(C(F)(F)F)c3)c3c(c2)C(=O)N[C@H]3c2cc(F)ccc2Cl)cn2ncnc12. The molecule has 3 heterocycles. The zero-order chi connectivity index (χ0) is 30.6. The number of nitrogens with zero attached hydrogens (tertiary/aromatic N) is 4. The third kappa shape index (κ3) is 5.02. The van der Waals surface area contributed by atoms with Gasteiger partial charge in [-0.15, -0.1) is 0 Å². The average molecular weight is 609 g/mol. The number of anilines is 1. The second kappa shape index (κ2) is 10.2. The molecule has 214 valence electrons. The Hall–Kier alpha value is -5.35. The van der Waals surface area contributed by atoms with E-state index >= 15 is 0 Å². The molecule has 0 fully saturated rings. The number of nitriles is 1. The third-order valence-corrected chi connectivity index (χ3v) is 7.17. The van der Waals surface area contributed by atoms with Crippen LogP contribution in [0, 0.1) is 23.0 Å². The van der Waals surface area contributed by atoms with E-state index < -0.39 is 46.8 Å². The van der Waals surface area contributed by atoms with Gasteiger partial charge >= 0.3 is 6.18 Å². The summed E-state index contributed by atoms with van der Waals surface area (Å²) >= 11 is 6.33. The van der Waals surface area contributed by atoms with E-state index in [4.69, 9.17) is 11.6 Å². The van der Waals surface area contributed by atoms with Crippen LogP contribution in [0.1, 0.15) is 49.0 Å². The quantitative estimate of drug-likeness (QED) is 0.233. The van der Waals surface area contributed by atoms with Crippen LogP contribution < -0.4 is 10.6 Å². The molecule has 14 heteroatoms. The Balaban J connectivity index is 1.54. The lowest BCUT2D eigenvalue weighted by molar-refractivity contribution is -0.137. The van der Waals surface area contributed by atoms with Crippen LogP contribution in [0.2, 0.25) is 5.02 Å². The van der Waals surface area contributed by atoms with E-state index in [0.29, 0.717) is 23.3 Å². The standard InChI is InChI=1S/C29H14ClF5N6O2/c30-22-2-1-18(31)9-20(22)25-24-21(28(43)40-25)6-13(16-3-15(10-36)26-37-12-38-41(26)11-16)7-23(24)39-27(42)14-4-17(29(33,34)35)8-19(32)5-14/h1-9,11-12,25H,(H,39,42)(H,40,43)/t25-/m0/s1. The van der Waals surface area contributed by atoms with E-state index in [2.05, 4.69) is 20.7 Å². The van der Waals surface area contributed by atoms with Crippen LogP contribution in [0.25, 0.3) is 16.8 Å². The van der Waals surface area contributed by atoms with Gasteiger partial charge in [-0.2, -0.15) is 23.5 Å². The Labute approximate surface area is 243 Å². The summed E-state index contributed by atoms with van der Waals surface area (Å²) in [7, 11) is 0. The number of aromatic nitrogens is 3. The topological polar surface area (TPSA) is 112 Å². The molecule has 1 aliphatic rings. The molecule has 2 aromatic heterocycles. The minimum Gasteiger partial charge on any atom is -0.341 e. The highest BCUT2D eigenvalue weighted by Crippen LogP contribution is 2.42. The number of rotatable bonds is 4. The third-order valence-electron chi connectivity index (χ3n) is 6.82. The first-order chi connectivity index (χ1) is 20.4. The van der Waals surface area contributed by atoms with Gasteiger partial charge in [-0.05, 0) is 60.2 Å². The van der Waals surface area contributed by atoms with Gasteiger partial charge in [-0.3, -0.25) is 9.59 Å². The van der Waals surface area contributed by atoms with Crippen LogP contribution in [0.15, 0.2) is 67.1 Å². The number of pyridine rings is 1. The number of hydrogen-bond acceptors (Lipinski definition) is 5. The molecule has 1 aliphatic heterocycles. The van der Waals surface area contributed by atoms with Crippen molar-refractivity contribution in [1.29, 1.82) is 5.26 Å². The predicted molar refractivity (Wildman–Crippen MR) is 143 cm³/mol. The van der Waals surface area contributed by atoms with E-state index in [1.165, 1.54) is 41.3 Å². The lowest BCUT2D eigenvalue weighted by Gasteiger charge is -2.19. The van der Waals surface area contributed by atoms with Crippen LogP contribution in [0.5, 0.6) is 0 Å². The summed E-state index contributed by atoms with van der Waals surface area (Å²) in [5, 5.41) is 18.9. The van der Waals surface area contributed by atoms with Gasteiger partial charge in [0.15, 0.2) is 5.65 Å². The van der Waals surface area contributed by atoms with Gasteiger partial charge in [0.2, 0.25) is 0 Å². The van der Waals surface area contributed by atoms with E-state index in [-0.39, 0.29) is 44.7 Å². The van der Waals surface area contributed by atoms with E-state index in [9.17, 15) is 36.8 Å². The zero-order valence-corrected chi connectivity index (χ0v) is 22.1. The fraction of sp³-hybridized carbons (Fsp3) is 0.0690. The molecule has 5 aromatic rings. The number of carbonyl (C=O) groups excluding carboxylic acids is 2. The summed E-state index contributed by atoms with van der Waals surface area (Å²) in [5.74, 6) is -3.68. The number of benzene rings is 3. The lowest BCUT2D eigenvalue weighted by atomic mass is 9.92. The molecule has 6 rings (SSSR count). The molecule has 43 heavy (non-hydrogen) atoms. The Bertz CT molecular complexity index is 2030. The molecule has 0 radical (unpaired) electrons. The minimum atomic E-state index is -4.92. The molecular formula is C29H14ClF5N6O2. The Morgan fingerprint density at radius 2 is 1.84 bits per heavy atom. The number of carbonyl (C=O) groups is 2. The molecule has 0 unspecified atom stereocenters. The van der Waals surface area contributed by atoms with Crippen molar-refractivity contribution in [2.24, 2.45) is 0 Å². The van der Waals surface area contributed by atoms with Crippen molar-refractivity contribution in [1.82, 2.24) is 19.9 Å². The second-order valence-electron chi connectivity index (χ2n) is 9.52. The highest BCUT2D eigenvalue weighted by Gasteiger charge is 2.36. The Kier molecular flexibility index (Phi) is 6.58. The van der Waals surface area contributed by atoms with Crippen LogP contribution in [-0.2, 0) is 6.18 Å². The largest absolute Gasteiger partial charge is 0.416 e. The minimum absolute atomic E-state index is 0.0329. The van der Waals surface area contributed by atoms with Crippen molar-refractivity contribution in [3.8, 4) is 17.2 Å². The predicted octanol–water partition coefficient (Wildman–Crippen LogP) is 6.30. The van der Waals surface area contributed by atoms with Gasteiger partial charge in [0, 0.05) is 44.7 Å². The van der Waals surface area contributed by atoms with E-state index in [1.54, 1.807) is 0 Å². The average Bonchev–Trinajstić information content (AvgIpc) is 3.57. The van der Waals surface area contributed by atoms with Crippen LogP contribution in [0.3, 0.4) is 0 Å². The highest BCUT2D eigenvalue weighted by atomic mass is 35.5. The fourth-order valence-corrected chi connectivity index (χ4v) is 5.14. The highest BCUT2D eigenvalue weighted by molar-refractivity contribution is 6.31. The smallest absolute Gasteiger partial charge is 0.341 e. The first-order valence-electron chi connectivity index (χ1n) is 12.3. The number of amides is 2. The fourth-order valence-electron chi connectivity index (χ4n) is 4.92. The maximum absolute atomic E-state index is 14.2. The van der Waals surface area contributed by atoms with Crippen molar-refractivity contribution in [2.45, 2.75) is 12.2 Å². The molecule has 0 saturated carbocycles. The molecule has 2 amide bonds. The van der Waals surface area contributed by atoms with Crippen molar-refractivity contribution in [3.63, 3.8) is 0 Å². The number of alkyl halides is 3. The van der Waals surface area contributed by atoms with Crippen molar-refractivity contribution in [2.75, 3.05) is 5.32 Å². The van der Waals surface area contributed by atoms with Crippen molar-refractivity contribution >= 4 is 34.7 Å². The maximum atomic E-state index is 14.2. The molecule has 8 nitrogen and oxygen atoms in total. The summed E-state index contributed by atoms with van der Waals surface area (Å²) in [5.41, 5.74) is -0.648. The molecular weight excluding hydrogens is 595 g/mol. The Morgan fingerprint density at radius 1 is 1.05 bits per heavy atom. The summed E-state index contributed by atoms with van der Waals surface area (Å²) in [6.45, 7) is 0. The van der Waals surface area contributed by atoms with Crippen LogP contribution in [0.4, 0.5) is 27.6 Å². The number of halogens is 6. The monoisotopic (exact) mass is 608 g/mol. The van der Waals surface area contributed by atoms with Gasteiger partial charge in [0.05, 0.1) is 17.2 Å². The zero-order valence-electron chi connectivity index (χ0n) is 21.3. The second-order valence-corrected chi connectivity index (χ2v) is 9.93. The summed E-state index contributed by atoms with van der Waals surface area (Å²) in [4.78, 5) is 30.5. The summed E-state index contributed by atoms with van der Waals surface area (Å²) in [6, 6.07) is 10.2. The lowest BCUT2D eigenvalue weighted by Crippen LogP contribution is -2.21. The van der Waals surface area contributed by atoms with Gasteiger partial charge in [0.1, 0.15) is 24.0 Å². The van der Waals surface area contributed by atoms with Gasteiger partial charge in [-0.1, -0.05) is 11.6 Å². The molecule has 0 saturated heterocycles. The molecule has 2 N–H and O–H groups in total. The molecule has 0 aliphatic carbocycles. The van der Waals surface area contributed by atoms with Crippen LogP contribution in [-0.4, -0.2) is 26.4 Å².